The Balaban J connectivity index is 3.40. The minimum atomic E-state index is -0.174. The third kappa shape index (κ3) is 10.5. The SMILES string of the molecule is COCCNC(=O)C(C)NCCCOCC(C)C. The molecule has 0 heterocycles. The summed E-state index contributed by atoms with van der Waals surface area (Å²) in [5.74, 6) is 0.582. The van der Waals surface area contributed by atoms with Crippen molar-refractivity contribution in [1.29, 1.82) is 0 Å². The van der Waals surface area contributed by atoms with Crippen molar-refractivity contribution in [3.8, 4) is 0 Å². The van der Waals surface area contributed by atoms with Crippen LogP contribution in [0.3, 0.4) is 0 Å². The number of hydrogen-bond acceptors (Lipinski definition) is 4. The van der Waals surface area contributed by atoms with Crippen molar-refractivity contribution in [2.75, 3.05) is 40.0 Å². The zero-order valence-corrected chi connectivity index (χ0v) is 12.1. The van der Waals surface area contributed by atoms with Crippen LogP contribution in [-0.4, -0.2) is 52.0 Å². The number of nitrogens with one attached hydrogen (secondary N) is 2. The highest BCUT2D eigenvalue weighted by Gasteiger charge is 2.10. The van der Waals surface area contributed by atoms with E-state index in [-0.39, 0.29) is 11.9 Å². The van der Waals surface area contributed by atoms with Gasteiger partial charge in [-0.25, -0.2) is 0 Å². The molecule has 0 aromatic rings. The molecule has 0 rings (SSSR count). The molecule has 0 spiro atoms. The Morgan fingerprint density at radius 3 is 2.50 bits per heavy atom. The van der Waals surface area contributed by atoms with Gasteiger partial charge in [0.25, 0.3) is 0 Å². The summed E-state index contributed by atoms with van der Waals surface area (Å²) in [7, 11) is 1.62. The summed E-state index contributed by atoms with van der Waals surface area (Å²) in [6.07, 6.45) is 0.919. The van der Waals surface area contributed by atoms with Crippen molar-refractivity contribution in [1.82, 2.24) is 10.6 Å². The highest BCUT2D eigenvalue weighted by molar-refractivity contribution is 5.81. The Bertz CT molecular complexity index is 210. The smallest absolute Gasteiger partial charge is 0.236 e. The lowest BCUT2D eigenvalue weighted by molar-refractivity contribution is -0.122. The number of carbonyl (C=O) groups excluding carboxylic acids is 1. The van der Waals surface area contributed by atoms with E-state index in [2.05, 4.69) is 24.5 Å². The van der Waals surface area contributed by atoms with Gasteiger partial charge in [-0.3, -0.25) is 4.79 Å². The van der Waals surface area contributed by atoms with Crippen molar-refractivity contribution in [2.45, 2.75) is 33.2 Å². The standard InChI is InChI=1S/C13H28N2O3/c1-11(2)10-18-8-5-6-14-12(3)13(16)15-7-9-17-4/h11-12,14H,5-10H2,1-4H3,(H,15,16). The second kappa shape index (κ2) is 11.4. The first-order chi connectivity index (χ1) is 8.57. The molecule has 5 nitrogen and oxygen atoms in total. The fourth-order valence-corrected chi connectivity index (χ4v) is 1.33. The van der Waals surface area contributed by atoms with E-state index in [4.69, 9.17) is 9.47 Å². The Labute approximate surface area is 111 Å². The van der Waals surface area contributed by atoms with Crippen LogP contribution in [0.15, 0.2) is 0 Å². The highest BCUT2D eigenvalue weighted by atomic mass is 16.5. The van der Waals surface area contributed by atoms with E-state index in [0.717, 1.165) is 26.2 Å². The third-order valence-corrected chi connectivity index (χ3v) is 2.37. The molecule has 18 heavy (non-hydrogen) atoms. The monoisotopic (exact) mass is 260 g/mol. The molecule has 1 unspecified atom stereocenters. The first kappa shape index (κ1) is 17.4. The normalized spacial score (nSPS) is 12.7. The van der Waals surface area contributed by atoms with Gasteiger partial charge < -0.3 is 20.1 Å². The van der Waals surface area contributed by atoms with E-state index in [0.29, 0.717) is 19.1 Å². The molecule has 5 heteroatoms. The molecule has 1 atom stereocenters. The van der Waals surface area contributed by atoms with Crippen LogP contribution in [0.1, 0.15) is 27.2 Å². The second-order valence-electron chi connectivity index (χ2n) is 4.78. The summed E-state index contributed by atoms with van der Waals surface area (Å²) in [5.41, 5.74) is 0. The van der Waals surface area contributed by atoms with Crippen LogP contribution in [0, 0.1) is 5.92 Å². The van der Waals surface area contributed by atoms with Gasteiger partial charge in [0.05, 0.1) is 12.6 Å². The molecular formula is C13H28N2O3. The summed E-state index contributed by atoms with van der Waals surface area (Å²) in [6.45, 7) is 9.54. The van der Waals surface area contributed by atoms with E-state index in [9.17, 15) is 4.79 Å². The Morgan fingerprint density at radius 2 is 1.89 bits per heavy atom. The largest absolute Gasteiger partial charge is 0.383 e. The molecule has 0 aliphatic heterocycles. The maximum atomic E-state index is 11.6. The van der Waals surface area contributed by atoms with Gasteiger partial charge in [0.15, 0.2) is 0 Å². The van der Waals surface area contributed by atoms with Crippen LogP contribution in [0.2, 0.25) is 0 Å². The first-order valence-electron chi connectivity index (χ1n) is 6.65. The molecule has 0 aliphatic carbocycles. The van der Waals surface area contributed by atoms with Gasteiger partial charge in [0.2, 0.25) is 5.91 Å². The number of rotatable bonds is 11. The summed E-state index contributed by atoms with van der Waals surface area (Å²) >= 11 is 0. The van der Waals surface area contributed by atoms with E-state index in [1.165, 1.54) is 0 Å². The lowest BCUT2D eigenvalue weighted by Gasteiger charge is -2.14. The predicted octanol–water partition coefficient (Wildman–Crippen LogP) is 0.790. The van der Waals surface area contributed by atoms with Crippen LogP contribution in [0.4, 0.5) is 0 Å². The van der Waals surface area contributed by atoms with Gasteiger partial charge in [-0.2, -0.15) is 0 Å². The first-order valence-corrected chi connectivity index (χ1v) is 6.65. The Kier molecular flexibility index (Phi) is 11.0. The van der Waals surface area contributed by atoms with E-state index in [1.807, 2.05) is 6.92 Å². The zero-order chi connectivity index (χ0) is 13.8. The quantitative estimate of drug-likeness (QED) is 0.539. The second-order valence-corrected chi connectivity index (χ2v) is 4.78. The molecule has 108 valence electrons. The third-order valence-electron chi connectivity index (χ3n) is 2.37. The average Bonchev–Trinajstić information content (AvgIpc) is 2.33. The Hall–Kier alpha value is -0.650. The average molecular weight is 260 g/mol. The fraction of sp³-hybridized carbons (Fsp3) is 0.923. The van der Waals surface area contributed by atoms with Crippen LogP contribution < -0.4 is 10.6 Å². The van der Waals surface area contributed by atoms with Gasteiger partial charge in [0.1, 0.15) is 0 Å². The van der Waals surface area contributed by atoms with Crippen molar-refractivity contribution in [3.63, 3.8) is 0 Å². The molecule has 0 aromatic heterocycles. The van der Waals surface area contributed by atoms with Crippen LogP contribution in [-0.2, 0) is 14.3 Å². The number of hydrogen-bond donors (Lipinski definition) is 2. The van der Waals surface area contributed by atoms with Crippen LogP contribution in [0.25, 0.3) is 0 Å². The maximum Gasteiger partial charge on any atom is 0.236 e. The van der Waals surface area contributed by atoms with Crippen LogP contribution in [0.5, 0.6) is 0 Å². The summed E-state index contributed by atoms with van der Waals surface area (Å²) in [4.78, 5) is 11.6. The van der Waals surface area contributed by atoms with Crippen molar-refractivity contribution >= 4 is 5.91 Å². The van der Waals surface area contributed by atoms with Gasteiger partial charge in [-0.1, -0.05) is 13.8 Å². The summed E-state index contributed by atoms with van der Waals surface area (Å²) in [5, 5.41) is 5.96. The lowest BCUT2D eigenvalue weighted by atomic mass is 10.2. The molecule has 0 radical (unpaired) electrons. The van der Waals surface area contributed by atoms with Crippen LogP contribution >= 0.6 is 0 Å². The number of ether oxygens (including phenoxy) is 2. The number of amides is 1. The summed E-state index contributed by atoms with van der Waals surface area (Å²) in [6, 6.07) is -0.174. The van der Waals surface area contributed by atoms with Gasteiger partial charge >= 0.3 is 0 Å². The molecule has 0 bridgehead atoms. The van der Waals surface area contributed by atoms with Crippen molar-refractivity contribution < 1.29 is 14.3 Å². The fourth-order valence-electron chi connectivity index (χ4n) is 1.33. The molecule has 2 N–H and O–H groups in total. The maximum absolute atomic E-state index is 11.6. The highest BCUT2D eigenvalue weighted by Crippen LogP contribution is 1.93. The van der Waals surface area contributed by atoms with E-state index < -0.39 is 0 Å². The van der Waals surface area contributed by atoms with Crippen molar-refractivity contribution in [2.24, 2.45) is 5.92 Å². The predicted molar refractivity (Wildman–Crippen MR) is 72.6 cm³/mol. The van der Waals surface area contributed by atoms with E-state index in [1.54, 1.807) is 7.11 Å². The van der Waals surface area contributed by atoms with Gasteiger partial charge in [-0.05, 0) is 25.8 Å². The molecule has 1 amide bonds. The number of methoxy groups -OCH3 is 1. The lowest BCUT2D eigenvalue weighted by Crippen LogP contribution is -2.43. The minimum absolute atomic E-state index is 0.00940. The topological polar surface area (TPSA) is 59.6 Å². The Morgan fingerprint density at radius 1 is 1.17 bits per heavy atom. The van der Waals surface area contributed by atoms with Crippen molar-refractivity contribution in [3.05, 3.63) is 0 Å². The zero-order valence-electron chi connectivity index (χ0n) is 12.1. The molecule has 0 aromatic carbocycles. The molecule has 0 saturated heterocycles. The van der Waals surface area contributed by atoms with Gasteiger partial charge in [-0.15, -0.1) is 0 Å². The summed E-state index contributed by atoms with van der Waals surface area (Å²) < 4.78 is 10.3. The van der Waals surface area contributed by atoms with Gasteiger partial charge in [0, 0.05) is 26.9 Å². The van der Waals surface area contributed by atoms with E-state index >= 15 is 0 Å². The molecule has 0 saturated carbocycles. The number of carbonyl (C=O) groups is 1. The minimum Gasteiger partial charge on any atom is -0.383 e. The molecular weight excluding hydrogens is 232 g/mol. The molecule has 0 fully saturated rings. The molecule has 0 aliphatic rings.